The van der Waals surface area contributed by atoms with Crippen molar-refractivity contribution in [3.8, 4) is 0 Å². The lowest BCUT2D eigenvalue weighted by molar-refractivity contribution is -0.385. The Morgan fingerprint density at radius 1 is 1.28 bits per heavy atom. The molecule has 96 valence electrons. The van der Waals surface area contributed by atoms with Crippen LogP contribution >= 0.6 is 0 Å². The summed E-state index contributed by atoms with van der Waals surface area (Å²) in [6.07, 6.45) is 2.15. The van der Waals surface area contributed by atoms with Crippen LogP contribution in [0.25, 0.3) is 0 Å². The second-order valence-electron chi connectivity index (χ2n) is 4.87. The molecule has 2 fully saturated rings. The molecular weight excluding hydrogens is 232 g/mol. The van der Waals surface area contributed by atoms with Gasteiger partial charge < -0.3 is 9.64 Å². The smallest absolute Gasteiger partial charge is 0.273 e. The average Bonchev–Trinajstić information content (AvgIpc) is 3.23. The maximum Gasteiger partial charge on any atom is 0.273 e. The fraction of sp³-hybridized carbons (Fsp3) is 0.538. The van der Waals surface area contributed by atoms with E-state index in [0.29, 0.717) is 5.92 Å². The van der Waals surface area contributed by atoms with Crippen LogP contribution in [0.15, 0.2) is 18.2 Å². The van der Waals surface area contributed by atoms with Gasteiger partial charge in [-0.1, -0.05) is 0 Å². The Hall–Kier alpha value is -1.62. The standard InChI is InChI=1S/C13H16N2O3/c16-15(17)13-4-3-11(9-12(13)10-1-2-10)14-5-7-18-8-6-14/h3-4,9-10H,1-2,5-8H2. The van der Waals surface area contributed by atoms with Crippen molar-refractivity contribution in [2.24, 2.45) is 0 Å². The van der Waals surface area contributed by atoms with E-state index in [1.165, 1.54) is 0 Å². The zero-order valence-electron chi connectivity index (χ0n) is 10.2. The van der Waals surface area contributed by atoms with Gasteiger partial charge in [-0.3, -0.25) is 10.1 Å². The molecule has 0 radical (unpaired) electrons. The molecule has 0 bridgehead atoms. The van der Waals surface area contributed by atoms with Gasteiger partial charge in [0.15, 0.2) is 0 Å². The molecule has 5 nitrogen and oxygen atoms in total. The normalized spacial score (nSPS) is 19.9. The summed E-state index contributed by atoms with van der Waals surface area (Å²) in [5.74, 6) is 0.395. The first kappa shape index (κ1) is 11.5. The third-order valence-electron chi connectivity index (χ3n) is 3.60. The van der Waals surface area contributed by atoms with Crippen LogP contribution in [-0.4, -0.2) is 31.2 Å². The Morgan fingerprint density at radius 2 is 2.00 bits per heavy atom. The summed E-state index contributed by atoms with van der Waals surface area (Å²) < 4.78 is 5.32. The topological polar surface area (TPSA) is 55.6 Å². The second kappa shape index (κ2) is 4.57. The molecule has 1 heterocycles. The summed E-state index contributed by atoms with van der Waals surface area (Å²) in [7, 11) is 0. The van der Waals surface area contributed by atoms with Crippen molar-refractivity contribution in [3.63, 3.8) is 0 Å². The Balaban J connectivity index is 1.91. The minimum absolute atomic E-state index is 0.267. The van der Waals surface area contributed by atoms with Crippen molar-refractivity contribution >= 4 is 11.4 Å². The number of nitro benzene ring substituents is 1. The van der Waals surface area contributed by atoms with Crippen LogP contribution in [0.5, 0.6) is 0 Å². The van der Waals surface area contributed by atoms with Crippen molar-refractivity contribution in [1.29, 1.82) is 0 Å². The van der Waals surface area contributed by atoms with Crippen LogP contribution in [0.2, 0.25) is 0 Å². The minimum atomic E-state index is -0.267. The number of benzene rings is 1. The molecule has 1 aromatic rings. The summed E-state index contributed by atoms with van der Waals surface area (Å²) in [6.45, 7) is 3.19. The van der Waals surface area contributed by atoms with Crippen molar-refractivity contribution in [2.75, 3.05) is 31.2 Å². The summed E-state index contributed by atoms with van der Waals surface area (Å²) in [6, 6.07) is 5.51. The van der Waals surface area contributed by atoms with Gasteiger partial charge >= 0.3 is 0 Å². The fourth-order valence-corrected chi connectivity index (χ4v) is 2.45. The van der Waals surface area contributed by atoms with Crippen LogP contribution < -0.4 is 4.90 Å². The van der Waals surface area contributed by atoms with Gasteiger partial charge in [0.2, 0.25) is 0 Å². The molecule has 3 rings (SSSR count). The highest BCUT2D eigenvalue weighted by Crippen LogP contribution is 2.45. The number of nitro groups is 1. The van der Waals surface area contributed by atoms with E-state index in [9.17, 15) is 10.1 Å². The largest absolute Gasteiger partial charge is 0.378 e. The molecular formula is C13H16N2O3. The molecule has 0 N–H and O–H groups in total. The molecule has 1 aliphatic carbocycles. The molecule has 1 saturated heterocycles. The highest BCUT2D eigenvalue weighted by molar-refractivity contribution is 5.57. The number of hydrogen-bond acceptors (Lipinski definition) is 4. The van der Waals surface area contributed by atoms with Gasteiger partial charge in [-0.05, 0) is 30.9 Å². The van der Waals surface area contributed by atoms with Crippen molar-refractivity contribution < 1.29 is 9.66 Å². The molecule has 0 amide bonds. The molecule has 1 aromatic carbocycles. The Labute approximate surface area is 106 Å². The van der Waals surface area contributed by atoms with E-state index in [1.807, 2.05) is 12.1 Å². The van der Waals surface area contributed by atoms with Gasteiger partial charge in [-0.2, -0.15) is 0 Å². The Kier molecular flexibility index (Phi) is 2.91. The van der Waals surface area contributed by atoms with Crippen molar-refractivity contribution in [1.82, 2.24) is 0 Å². The molecule has 0 spiro atoms. The first-order chi connectivity index (χ1) is 8.75. The fourth-order valence-electron chi connectivity index (χ4n) is 2.45. The number of hydrogen-bond donors (Lipinski definition) is 0. The summed E-state index contributed by atoms with van der Waals surface area (Å²) in [4.78, 5) is 13.0. The highest BCUT2D eigenvalue weighted by Gasteiger charge is 2.31. The van der Waals surface area contributed by atoms with Gasteiger partial charge in [0, 0.05) is 30.4 Å². The van der Waals surface area contributed by atoms with Crippen LogP contribution in [-0.2, 0) is 4.74 Å². The first-order valence-electron chi connectivity index (χ1n) is 6.37. The van der Waals surface area contributed by atoms with Gasteiger partial charge in [-0.25, -0.2) is 0 Å². The molecule has 0 atom stereocenters. The van der Waals surface area contributed by atoms with E-state index >= 15 is 0 Å². The van der Waals surface area contributed by atoms with E-state index in [2.05, 4.69) is 4.90 Å². The quantitative estimate of drug-likeness (QED) is 0.608. The lowest BCUT2D eigenvalue weighted by Gasteiger charge is -2.29. The van der Waals surface area contributed by atoms with E-state index < -0.39 is 0 Å². The first-order valence-corrected chi connectivity index (χ1v) is 6.37. The number of ether oxygens (including phenoxy) is 1. The molecule has 18 heavy (non-hydrogen) atoms. The molecule has 0 unspecified atom stereocenters. The molecule has 5 heteroatoms. The number of anilines is 1. The maximum absolute atomic E-state index is 11.0. The Morgan fingerprint density at radius 3 is 2.61 bits per heavy atom. The predicted octanol–water partition coefficient (Wildman–Crippen LogP) is 2.31. The maximum atomic E-state index is 11.0. The summed E-state index contributed by atoms with van der Waals surface area (Å²) >= 11 is 0. The van der Waals surface area contributed by atoms with Gasteiger partial charge in [0.25, 0.3) is 5.69 Å². The van der Waals surface area contributed by atoms with E-state index in [-0.39, 0.29) is 10.6 Å². The van der Waals surface area contributed by atoms with Gasteiger partial charge in [0.05, 0.1) is 18.1 Å². The van der Waals surface area contributed by atoms with E-state index in [0.717, 1.165) is 50.4 Å². The number of nitrogens with zero attached hydrogens (tertiary/aromatic N) is 2. The average molecular weight is 248 g/mol. The molecule has 1 saturated carbocycles. The van der Waals surface area contributed by atoms with Gasteiger partial charge in [0.1, 0.15) is 0 Å². The van der Waals surface area contributed by atoms with Crippen LogP contribution in [0.4, 0.5) is 11.4 Å². The second-order valence-corrected chi connectivity index (χ2v) is 4.87. The lowest BCUT2D eigenvalue weighted by Crippen LogP contribution is -2.36. The number of morpholine rings is 1. The molecule has 0 aromatic heterocycles. The Bertz CT molecular complexity index is 465. The zero-order chi connectivity index (χ0) is 12.5. The monoisotopic (exact) mass is 248 g/mol. The van der Waals surface area contributed by atoms with Crippen LogP contribution in [0, 0.1) is 10.1 Å². The van der Waals surface area contributed by atoms with Gasteiger partial charge in [-0.15, -0.1) is 0 Å². The van der Waals surface area contributed by atoms with Crippen LogP contribution in [0.3, 0.4) is 0 Å². The van der Waals surface area contributed by atoms with Crippen LogP contribution in [0.1, 0.15) is 24.3 Å². The summed E-state index contributed by atoms with van der Waals surface area (Å²) in [5.41, 5.74) is 2.27. The third kappa shape index (κ3) is 2.18. The number of rotatable bonds is 3. The van der Waals surface area contributed by atoms with E-state index in [4.69, 9.17) is 4.74 Å². The highest BCUT2D eigenvalue weighted by atomic mass is 16.6. The SMILES string of the molecule is O=[N+]([O-])c1ccc(N2CCOCC2)cc1C1CC1. The minimum Gasteiger partial charge on any atom is -0.378 e. The molecule has 2 aliphatic rings. The summed E-state index contributed by atoms with van der Waals surface area (Å²) in [5, 5.41) is 11.0. The lowest BCUT2D eigenvalue weighted by atomic mass is 10.1. The van der Waals surface area contributed by atoms with Crippen molar-refractivity contribution in [2.45, 2.75) is 18.8 Å². The van der Waals surface area contributed by atoms with Crippen molar-refractivity contribution in [3.05, 3.63) is 33.9 Å². The molecule has 1 aliphatic heterocycles. The zero-order valence-corrected chi connectivity index (χ0v) is 10.2. The van der Waals surface area contributed by atoms with E-state index in [1.54, 1.807) is 6.07 Å². The predicted molar refractivity (Wildman–Crippen MR) is 68.1 cm³/mol. The third-order valence-corrected chi connectivity index (χ3v) is 3.60.